The van der Waals surface area contributed by atoms with E-state index >= 15 is 0 Å². The van der Waals surface area contributed by atoms with Crippen molar-refractivity contribution in [3.8, 4) is 22.3 Å². The van der Waals surface area contributed by atoms with Gasteiger partial charge in [-0.2, -0.15) is 0 Å². The lowest BCUT2D eigenvalue weighted by molar-refractivity contribution is 0.669. The van der Waals surface area contributed by atoms with Crippen LogP contribution in [0.2, 0.25) is 0 Å². The van der Waals surface area contributed by atoms with Crippen molar-refractivity contribution in [2.45, 2.75) is 5.41 Å². The van der Waals surface area contributed by atoms with Crippen LogP contribution in [0.3, 0.4) is 0 Å². The summed E-state index contributed by atoms with van der Waals surface area (Å²) in [6, 6.07) is 77.0. The number of benzene rings is 9. The van der Waals surface area contributed by atoms with Crippen LogP contribution in [0.5, 0.6) is 0 Å². The van der Waals surface area contributed by atoms with E-state index in [9.17, 15) is 0 Å². The zero-order valence-electron chi connectivity index (χ0n) is 30.1. The van der Waals surface area contributed by atoms with Crippen LogP contribution in [0.15, 0.2) is 217 Å². The Morgan fingerprint density at radius 3 is 1.80 bits per heavy atom. The number of furan rings is 1. The third kappa shape index (κ3) is 4.68. The molecule has 0 atom stereocenters. The maximum Gasteiger partial charge on any atom is 0.159 e. The van der Waals surface area contributed by atoms with Crippen LogP contribution < -0.4 is 4.90 Å². The Kier molecular flexibility index (Phi) is 7.11. The molecule has 0 bridgehead atoms. The van der Waals surface area contributed by atoms with Gasteiger partial charge in [0.15, 0.2) is 5.58 Å². The number of anilines is 3. The van der Waals surface area contributed by atoms with Gasteiger partial charge >= 0.3 is 0 Å². The first-order valence-electron chi connectivity index (χ1n) is 18.9. The molecule has 0 aliphatic heterocycles. The van der Waals surface area contributed by atoms with E-state index in [-0.39, 0.29) is 0 Å². The molecule has 1 heterocycles. The van der Waals surface area contributed by atoms with Crippen LogP contribution in [-0.4, -0.2) is 0 Å². The maximum atomic E-state index is 6.78. The Labute approximate surface area is 320 Å². The SMILES string of the molecule is c1ccc(-c2ccccc2N(c2ccc3c(c2)C(c2ccccc2)(c2ccccc2)c2ccc4ccccc4c2-3)c2cccc3c2oc2ccccc23)cc1. The molecule has 258 valence electrons. The molecule has 0 N–H and O–H groups in total. The number of fused-ring (bicyclic) bond motifs is 8. The highest BCUT2D eigenvalue weighted by Gasteiger charge is 2.47. The summed E-state index contributed by atoms with van der Waals surface area (Å²) in [5.74, 6) is 0. The Morgan fingerprint density at radius 1 is 0.400 bits per heavy atom. The van der Waals surface area contributed by atoms with E-state index in [0.29, 0.717) is 0 Å². The van der Waals surface area contributed by atoms with Crippen molar-refractivity contribution in [1.82, 2.24) is 0 Å². The lowest BCUT2D eigenvalue weighted by Crippen LogP contribution is -2.28. The van der Waals surface area contributed by atoms with Crippen molar-refractivity contribution in [3.05, 3.63) is 235 Å². The molecule has 0 fully saturated rings. The van der Waals surface area contributed by atoms with Gasteiger partial charge in [-0.05, 0) is 80.0 Å². The smallest absolute Gasteiger partial charge is 0.159 e. The Bertz CT molecular complexity index is 3000. The van der Waals surface area contributed by atoms with Crippen LogP contribution in [0, 0.1) is 0 Å². The van der Waals surface area contributed by atoms with Gasteiger partial charge in [-0.1, -0.05) is 182 Å². The second kappa shape index (κ2) is 12.5. The quantitative estimate of drug-likeness (QED) is 0.172. The highest BCUT2D eigenvalue weighted by molar-refractivity contribution is 6.11. The Balaban J connectivity index is 1.26. The molecule has 9 aromatic carbocycles. The zero-order valence-corrected chi connectivity index (χ0v) is 30.1. The van der Waals surface area contributed by atoms with E-state index < -0.39 is 5.41 Å². The van der Waals surface area contributed by atoms with E-state index in [1.807, 2.05) is 6.07 Å². The Morgan fingerprint density at radius 2 is 1.02 bits per heavy atom. The van der Waals surface area contributed by atoms with Crippen molar-refractivity contribution < 1.29 is 4.42 Å². The van der Waals surface area contributed by atoms with E-state index in [1.165, 1.54) is 44.2 Å². The molecule has 2 heteroatoms. The van der Waals surface area contributed by atoms with Crippen molar-refractivity contribution in [2.24, 2.45) is 0 Å². The van der Waals surface area contributed by atoms with Gasteiger partial charge in [0.25, 0.3) is 0 Å². The molecule has 0 amide bonds. The fraction of sp³-hybridized carbons (Fsp3) is 0.0189. The Hall–Kier alpha value is -7.16. The van der Waals surface area contributed by atoms with Gasteiger partial charge in [-0.15, -0.1) is 0 Å². The number of rotatable bonds is 6. The van der Waals surface area contributed by atoms with Crippen LogP contribution in [0.1, 0.15) is 22.3 Å². The van der Waals surface area contributed by atoms with Gasteiger partial charge in [0, 0.05) is 22.0 Å². The third-order valence-corrected chi connectivity index (χ3v) is 11.5. The molecule has 0 radical (unpaired) electrons. The van der Waals surface area contributed by atoms with E-state index in [1.54, 1.807) is 0 Å². The lowest BCUT2D eigenvalue weighted by Gasteiger charge is -2.35. The topological polar surface area (TPSA) is 16.4 Å². The molecule has 10 aromatic rings. The second-order valence-corrected chi connectivity index (χ2v) is 14.4. The summed E-state index contributed by atoms with van der Waals surface area (Å²) in [7, 11) is 0. The summed E-state index contributed by atoms with van der Waals surface area (Å²) in [5.41, 5.74) is 14.2. The van der Waals surface area contributed by atoms with E-state index in [4.69, 9.17) is 4.42 Å². The lowest BCUT2D eigenvalue weighted by atomic mass is 9.67. The number of hydrogen-bond donors (Lipinski definition) is 0. The minimum atomic E-state index is -0.566. The minimum Gasteiger partial charge on any atom is -0.454 e. The molecule has 0 saturated carbocycles. The van der Waals surface area contributed by atoms with Crippen LogP contribution >= 0.6 is 0 Å². The van der Waals surface area contributed by atoms with Crippen LogP contribution in [0.4, 0.5) is 17.1 Å². The molecule has 0 saturated heterocycles. The summed E-state index contributed by atoms with van der Waals surface area (Å²) in [6.07, 6.45) is 0. The monoisotopic (exact) mass is 701 g/mol. The van der Waals surface area contributed by atoms with Crippen molar-refractivity contribution in [2.75, 3.05) is 4.90 Å². The fourth-order valence-corrected chi connectivity index (χ4v) is 9.23. The molecule has 1 aliphatic carbocycles. The van der Waals surface area contributed by atoms with Gasteiger partial charge in [0.2, 0.25) is 0 Å². The largest absolute Gasteiger partial charge is 0.454 e. The maximum absolute atomic E-state index is 6.78. The van der Waals surface area contributed by atoms with Crippen LogP contribution in [0.25, 0.3) is 55.0 Å². The summed E-state index contributed by atoms with van der Waals surface area (Å²) in [6.45, 7) is 0. The fourth-order valence-electron chi connectivity index (χ4n) is 9.23. The van der Waals surface area contributed by atoms with E-state index in [2.05, 4.69) is 211 Å². The van der Waals surface area contributed by atoms with Crippen molar-refractivity contribution in [1.29, 1.82) is 0 Å². The molecule has 1 aromatic heterocycles. The van der Waals surface area contributed by atoms with E-state index in [0.717, 1.165) is 50.1 Å². The highest BCUT2D eigenvalue weighted by Crippen LogP contribution is 2.59. The van der Waals surface area contributed by atoms with Gasteiger partial charge < -0.3 is 9.32 Å². The first kappa shape index (κ1) is 31.4. The molecule has 2 nitrogen and oxygen atoms in total. The number of para-hydroxylation sites is 3. The zero-order chi connectivity index (χ0) is 36.3. The van der Waals surface area contributed by atoms with Gasteiger partial charge in [0.1, 0.15) is 5.58 Å². The first-order valence-corrected chi connectivity index (χ1v) is 18.9. The average Bonchev–Trinajstić information content (AvgIpc) is 3.79. The number of hydrogen-bond acceptors (Lipinski definition) is 2. The third-order valence-electron chi connectivity index (χ3n) is 11.5. The predicted molar refractivity (Wildman–Crippen MR) is 229 cm³/mol. The molecule has 0 spiro atoms. The molecule has 11 rings (SSSR count). The minimum absolute atomic E-state index is 0.566. The molecule has 1 aliphatic rings. The standard InChI is InChI=1S/C53H35NO/c1-4-17-36(18-5-1)41-24-12-14-28-48(41)54(49-29-16-27-44-43-26-13-15-30-50(43)55-52(44)49)40-32-33-45-47(35-40)53(38-20-6-2-7-21-38,39-22-8-3-9-23-39)46-34-31-37-19-10-11-25-42(37)51(45)46/h1-35H. The number of nitrogens with zero attached hydrogens (tertiary/aromatic N) is 1. The van der Waals surface area contributed by atoms with Gasteiger partial charge in [0.05, 0.1) is 16.8 Å². The van der Waals surface area contributed by atoms with Crippen molar-refractivity contribution in [3.63, 3.8) is 0 Å². The predicted octanol–water partition coefficient (Wildman–Crippen LogP) is 14.2. The molecule has 55 heavy (non-hydrogen) atoms. The summed E-state index contributed by atoms with van der Waals surface area (Å²) < 4.78 is 6.78. The molecular weight excluding hydrogens is 667 g/mol. The highest BCUT2D eigenvalue weighted by atomic mass is 16.3. The summed E-state index contributed by atoms with van der Waals surface area (Å²) in [5, 5.41) is 4.71. The molecular formula is C53H35NO. The summed E-state index contributed by atoms with van der Waals surface area (Å²) in [4.78, 5) is 2.41. The van der Waals surface area contributed by atoms with Crippen LogP contribution in [-0.2, 0) is 5.41 Å². The van der Waals surface area contributed by atoms with Gasteiger partial charge in [-0.25, -0.2) is 0 Å². The normalized spacial score (nSPS) is 12.9. The molecule has 0 unspecified atom stereocenters. The second-order valence-electron chi connectivity index (χ2n) is 14.4. The van der Waals surface area contributed by atoms with Crippen molar-refractivity contribution >= 4 is 49.8 Å². The average molecular weight is 702 g/mol. The first-order chi connectivity index (χ1) is 27.3. The summed E-state index contributed by atoms with van der Waals surface area (Å²) >= 11 is 0. The van der Waals surface area contributed by atoms with Gasteiger partial charge in [-0.3, -0.25) is 0 Å².